The minimum absolute atomic E-state index is 0.0330. The summed E-state index contributed by atoms with van der Waals surface area (Å²) in [4.78, 5) is 10.2. The minimum Gasteiger partial charge on any atom is -0.448 e. The lowest BCUT2D eigenvalue weighted by atomic mass is 10.2. The van der Waals surface area contributed by atoms with Crippen LogP contribution >= 0.6 is 0 Å². The van der Waals surface area contributed by atoms with Crippen LogP contribution in [0.25, 0.3) is 0 Å². The maximum absolute atomic E-state index is 13.3. The van der Waals surface area contributed by atoms with Gasteiger partial charge in [0, 0.05) is 6.54 Å². The van der Waals surface area contributed by atoms with Crippen molar-refractivity contribution in [3.05, 3.63) is 29.6 Å². The van der Waals surface area contributed by atoms with Gasteiger partial charge in [0.05, 0.1) is 11.3 Å². The van der Waals surface area contributed by atoms with Crippen LogP contribution in [0.4, 0.5) is 28.0 Å². The van der Waals surface area contributed by atoms with E-state index in [4.69, 9.17) is 0 Å². The van der Waals surface area contributed by atoms with Gasteiger partial charge in [-0.05, 0) is 18.2 Å². The topological polar surface area (TPSA) is 64.4 Å². The summed E-state index contributed by atoms with van der Waals surface area (Å²) in [6.07, 6.45) is -5.57. The first-order valence-corrected chi connectivity index (χ1v) is 4.83. The van der Waals surface area contributed by atoms with E-state index in [0.717, 1.165) is 12.1 Å². The van der Waals surface area contributed by atoms with Gasteiger partial charge in [-0.25, -0.2) is 9.18 Å². The molecule has 100 valence electrons. The van der Waals surface area contributed by atoms with Crippen molar-refractivity contribution in [1.29, 1.82) is 0 Å². The molecular weight excluding hydrogens is 256 g/mol. The minimum atomic E-state index is -4.59. The maximum Gasteiger partial charge on any atom is 0.416 e. The first kappa shape index (κ1) is 14.1. The Morgan fingerprint density at radius 2 is 2.06 bits per heavy atom. The van der Waals surface area contributed by atoms with E-state index in [1.165, 1.54) is 0 Å². The molecule has 8 heteroatoms. The van der Waals surface area contributed by atoms with Gasteiger partial charge in [0.1, 0.15) is 12.4 Å². The van der Waals surface area contributed by atoms with Crippen LogP contribution in [0.2, 0.25) is 0 Å². The second-order valence-corrected chi connectivity index (χ2v) is 3.29. The predicted octanol–water partition coefficient (Wildman–Crippen LogP) is 2.35. The van der Waals surface area contributed by atoms with Crippen LogP contribution in [0.1, 0.15) is 5.56 Å². The van der Waals surface area contributed by atoms with E-state index in [0.29, 0.717) is 6.07 Å². The fraction of sp³-hybridized carbons (Fsp3) is 0.300. The Balaban J connectivity index is 2.60. The first-order valence-electron chi connectivity index (χ1n) is 4.83. The third-order valence-electron chi connectivity index (χ3n) is 1.96. The number of hydrogen-bond donors (Lipinski definition) is 2. The van der Waals surface area contributed by atoms with Crippen molar-refractivity contribution in [2.45, 2.75) is 6.18 Å². The molecule has 0 aliphatic carbocycles. The molecule has 0 saturated heterocycles. The van der Waals surface area contributed by atoms with E-state index in [9.17, 15) is 22.4 Å². The molecular formula is C10H10F4N2O2. The summed E-state index contributed by atoms with van der Waals surface area (Å²) in [6.45, 7) is -0.0823. The Morgan fingerprint density at radius 1 is 1.39 bits per heavy atom. The summed E-state index contributed by atoms with van der Waals surface area (Å²) in [6, 6.07) is 2.10. The first-order chi connectivity index (χ1) is 8.30. The van der Waals surface area contributed by atoms with Gasteiger partial charge in [-0.3, -0.25) is 0 Å². The van der Waals surface area contributed by atoms with Gasteiger partial charge in [0.15, 0.2) is 0 Å². The molecule has 0 radical (unpaired) electrons. The van der Waals surface area contributed by atoms with Gasteiger partial charge in [-0.2, -0.15) is 13.2 Å². The van der Waals surface area contributed by atoms with Crippen LogP contribution in [0.5, 0.6) is 0 Å². The number of nitrogens with two attached hydrogens (primary N) is 1. The van der Waals surface area contributed by atoms with Crippen molar-refractivity contribution in [3.63, 3.8) is 0 Å². The summed E-state index contributed by atoms with van der Waals surface area (Å²) >= 11 is 0. The molecule has 1 rings (SSSR count). The molecule has 3 N–H and O–H groups in total. The number of carbonyl (C=O) groups excluding carboxylic acids is 1. The molecule has 0 heterocycles. The van der Waals surface area contributed by atoms with E-state index in [1.807, 2.05) is 0 Å². The molecule has 0 atom stereocenters. The fourth-order valence-corrected chi connectivity index (χ4v) is 1.17. The van der Waals surface area contributed by atoms with Crippen LogP contribution in [0.3, 0.4) is 0 Å². The molecule has 1 amide bonds. The quantitative estimate of drug-likeness (QED) is 0.649. The monoisotopic (exact) mass is 266 g/mol. The molecule has 1 aromatic rings. The van der Waals surface area contributed by atoms with Crippen molar-refractivity contribution in [1.82, 2.24) is 0 Å². The van der Waals surface area contributed by atoms with Gasteiger partial charge in [-0.1, -0.05) is 0 Å². The largest absolute Gasteiger partial charge is 0.448 e. The molecule has 0 aromatic heterocycles. The van der Waals surface area contributed by atoms with E-state index in [2.05, 4.69) is 15.8 Å². The molecule has 0 aliphatic heterocycles. The van der Waals surface area contributed by atoms with Crippen LogP contribution < -0.4 is 11.1 Å². The Morgan fingerprint density at radius 3 is 2.56 bits per heavy atom. The van der Waals surface area contributed by atoms with Gasteiger partial charge in [0.25, 0.3) is 0 Å². The molecule has 4 nitrogen and oxygen atoms in total. The second kappa shape index (κ2) is 5.56. The number of rotatable bonds is 4. The number of amides is 1. The van der Waals surface area contributed by atoms with Crippen LogP contribution in [-0.4, -0.2) is 19.2 Å². The fourth-order valence-electron chi connectivity index (χ4n) is 1.17. The van der Waals surface area contributed by atoms with Crippen molar-refractivity contribution >= 4 is 11.8 Å². The lowest BCUT2D eigenvalue weighted by Crippen LogP contribution is -2.18. The normalized spacial score (nSPS) is 11.1. The van der Waals surface area contributed by atoms with E-state index < -0.39 is 23.7 Å². The number of ether oxygens (including phenoxy) is 1. The lowest BCUT2D eigenvalue weighted by molar-refractivity contribution is -0.137. The molecule has 0 unspecified atom stereocenters. The molecule has 1 aromatic carbocycles. The van der Waals surface area contributed by atoms with Crippen LogP contribution in [0.15, 0.2) is 18.2 Å². The number of benzene rings is 1. The van der Waals surface area contributed by atoms with Crippen molar-refractivity contribution in [2.24, 2.45) is 5.73 Å². The number of nitrogens with one attached hydrogen (secondary N) is 1. The molecule has 0 aliphatic rings. The van der Waals surface area contributed by atoms with E-state index in [-0.39, 0.29) is 18.8 Å². The molecule has 0 saturated carbocycles. The zero-order valence-electron chi connectivity index (χ0n) is 9.05. The third kappa shape index (κ3) is 4.11. The highest BCUT2D eigenvalue weighted by molar-refractivity contribution is 5.64. The maximum atomic E-state index is 13.3. The lowest BCUT2D eigenvalue weighted by Gasteiger charge is -2.10. The Hall–Kier alpha value is -1.99. The van der Waals surface area contributed by atoms with Crippen LogP contribution in [0, 0.1) is 5.82 Å². The van der Waals surface area contributed by atoms with Crippen molar-refractivity contribution < 1.29 is 27.1 Å². The number of primary amides is 1. The predicted molar refractivity (Wildman–Crippen MR) is 55.4 cm³/mol. The number of anilines is 1. The smallest absolute Gasteiger partial charge is 0.416 e. The van der Waals surface area contributed by atoms with Crippen LogP contribution in [-0.2, 0) is 10.9 Å². The Bertz CT molecular complexity index is 434. The summed E-state index contributed by atoms with van der Waals surface area (Å²) in [5, 5.41) is 2.47. The molecule has 0 spiro atoms. The zero-order chi connectivity index (χ0) is 13.8. The van der Waals surface area contributed by atoms with E-state index >= 15 is 0 Å². The number of hydrogen-bond acceptors (Lipinski definition) is 3. The molecule has 18 heavy (non-hydrogen) atoms. The summed E-state index contributed by atoms with van der Waals surface area (Å²) in [5.74, 6) is -1.04. The average Bonchev–Trinajstić information content (AvgIpc) is 2.24. The van der Waals surface area contributed by atoms with Crippen molar-refractivity contribution in [2.75, 3.05) is 18.5 Å². The van der Waals surface area contributed by atoms with Gasteiger partial charge in [0.2, 0.25) is 0 Å². The third-order valence-corrected chi connectivity index (χ3v) is 1.96. The molecule has 0 fully saturated rings. The van der Waals surface area contributed by atoms with Gasteiger partial charge < -0.3 is 15.8 Å². The summed E-state index contributed by atoms with van der Waals surface area (Å²) < 4.78 is 54.3. The number of carbonyl (C=O) groups is 1. The number of halogens is 4. The van der Waals surface area contributed by atoms with Crippen molar-refractivity contribution in [3.8, 4) is 0 Å². The SMILES string of the molecule is NC(=O)OCCNc1ccc(C(F)(F)F)cc1F. The summed E-state index contributed by atoms with van der Waals surface area (Å²) in [5.41, 5.74) is 3.50. The highest BCUT2D eigenvalue weighted by Crippen LogP contribution is 2.31. The molecule has 0 bridgehead atoms. The summed E-state index contributed by atoms with van der Waals surface area (Å²) in [7, 11) is 0. The average molecular weight is 266 g/mol. The number of alkyl halides is 3. The Kier molecular flexibility index (Phi) is 4.35. The van der Waals surface area contributed by atoms with Gasteiger partial charge >= 0.3 is 12.3 Å². The highest BCUT2D eigenvalue weighted by Gasteiger charge is 2.31. The van der Waals surface area contributed by atoms with Gasteiger partial charge in [-0.15, -0.1) is 0 Å². The van der Waals surface area contributed by atoms with E-state index in [1.54, 1.807) is 0 Å². The Labute approximate surface area is 99.7 Å². The second-order valence-electron chi connectivity index (χ2n) is 3.29. The highest BCUT2D eigenvalue weighted by atomic mass is 19.4. The standard InChI is InChI=1S/C10H10F4N2O2/c11-7-5-6(10(12,13)14)1-2-8(7)16-3-4-18-9(15)17/h1-2,5,16H,3-4H2,(H2,15,17). The zero-order valence-corrected chi connectivity index (χ0v) is 9.05.